The van der Waals surface area contributed by atoms with Gasteiger partial charge in [-0.05, 0) is 63.8 Å². The molecule has 0 aliphatic rings. The monoisotopic (exact) mass is 424 g/mol. The Hall–Kier alpha value is -2.84. The fraction of sp³-hybridized carbons (Fsp3) is 0.318. The average Bonchev–Trinajstić information content (AvgIpc) is 3.39. The number of para-hydroxylation sites is 2. The van der Waals surface area contributed by atoms with Crippen molar-refractivity contribution in [1.29, 1.82) is 0 Å². The van der Waals surface area contributed by atoms with E-state index >= 15 is 0 Å². The van der Waals surface area contributed by atoms with Gasteiger partial charge in [-0.15, -0.1) is 10.2 Å². The van der Waals surface area contributed by atoms with Crippen LogP contribution in [0.4, 0.5) is 0 Å². The van der Waals surface area contributed by atoms with Crippen molar-refractivity contribution in [3.63, 3.8) is 0 Å². The highest BCUT2D eigenvalue weighted by molar-refractivity contribution is 7.81. The first-order valence-corrected chi connectivity index (χ1v) is 10.2. The minimum absolute atomic E-state index is 0.316. The molecule has 1 unspecified atom stereocenters. The number of nitrogens with zero attached hydrogens (tertiary/aromatic N) is 4. The summed E-state index contributed by atoms with van der Waals surface area (Å²) in [6, 6.07) is 15.1. The second-order valence-electron chi connectivity index (χ2n) is 7.50. The number of benzene rings is 2. The summed E-state index contributed by atoms with van der Waals surface area (Å²) in [6.07, 6.45) is 0.970. The Morgan fingerprint density at radius 2 is 1.77 bits per heavy atom. The van der Waals surface area contributed by atoms with Gasteiger partial charge in [-0.25, -0.2) is 4.98 Å². The van der Waals surface area contributed by atoms with Crippen molar-refractivity contribution in [2.45, 2.75) is 18.1 Å². The van der Waals surface area contributed by atoms with E-state index in [0.717, 1.165) is 29.8 Å². The molecule has 4 aromatic rings. The third-order valence-corrected chi connectivity index (χ3v) is 5.05. The van der Waals surface area contributed by atoms with Crippen LogP contribution in [0.15, 0.2) is 57.4 Å². The van der Waals surface area contributed by atoms with E-state index in [1.807, 2.05) is 69.6 Å². The molecule has 4 rings (SSSR count). The number of ether oxygens (including phenoxy) is 1. The maximum atomic E-state index is 5.90. The van der Waals surface area contributed by atoms with E-state index in [0.29, 0.717) is 29.9 Å². The van der Waals surface area contributed by atoms with E-state index in [1.54, 1.807) is 0 Å². The van der Waals surface area contributed by atoms with Gasteiger partial charge in [0, 0.05) is 12.1 Å². The smallest absolute Gasteiger partial charge is 0.247 e. The van der Waals surface area contributed by atoms with Gasteiger partial charge in [-0.1, -0.05) is 12.1 Å². The first-order valence-electron chi connectivity index (χ1n) is 9.74. The van der Waals surface area contributed by atoms with Crippen molar-refractivity contribution in [2.24, 2.45) is 0 Å². The molecule has 1 atom stereocenters. The number of hydrogen-bond acceptors (Lipinski definition) is 8. The number of rotatable bonds is 8. The van der Waals surface area contributed by atoms with E-state index in [4.69, 9.17) is 26.2 Å². The topological polar surface area (TPSA) is 77.4 Å². The molecule has 0 spiro atoms. The van der Waals surface area contributed by atoms with Gasteiger partial charge in [-0.3, -0.25) is 0 Å². The van der Waals surface area contributed by atoms with Crippen molar-refractivity contribution in [1.82, 2.24) is 20.1 Å². The summed E-state index contributed by atoms with van der Waals surface area (Å²) in [5.74, 6) is 1.93. The molecule has 0 amide bonds. The van der Waals surface area contributed by atoms with Crippen LogP contribution in [0.1, 0.15) is 25.1 Å². The van der Waals surface area contributed by atoms with Gasteiger partial charge in [0.15, 0.2) is 10.3 Å². The first-order chi connectivity index (χ1) is 14.4. The minimum Gasteiger partial charge on any atom is -0.494 e. The lowest BCUT2D eigenvalue weighted by Crippen LogP contribution is -2.16. The molecule has 2 aromatic heterocycles. The van der Waals surface area contributed by atoms with Crippen LogP contribution in [0.2, 0.25) is 0 Å². The van der Waals surface area contributed by atoms with Crippen LogP contribution in [0.25, 0.3) is 22.6 Å². The van der Waals surface area contributed by atoms with Gasteiger partial charge in [0.1, 0.15) is 11.3 Å². The number of thiol groups is 1. The first kappa shape index (κ1) is 20.4. The predicted molar refractivity (Wildman–Crippen MR) is 118 cm³/mol. The summed E-state index contributed by atoms with van der Waals surface area (Å²) in [5.41, 5.74) is 2.25. The molecule has 0 aliphatic carbocycles. The lowest BCUT2D eigenvalue weighted by molar-refractivity contribution is 0.281. The van der Waals surface area contributed by atoms with Gasteiger partial charge in [0.05, 0.1) is 6.61 Å². The zero-order valence-corrected chi connectivity index (χ0v) is 18.1. The second kappa shape index (κ2) is 8.49. The number of oxazole rings is 1. The molecule has 0 saturated heterocycles. The van der Waals surface area contributed by atoms with E-state index in [9.17, 15) is 0 Å². The minimum atomic E-state index is -0.959. The van der Waals surface area contributed by atoms with Gasteiger partial charge in [-0.2, -0.15) is 12.6 Å². The van der Waals surface area contributed by atoms with Crippen molar-refractivity contribution in [3.05, 3.63) is 60.3 Å². The molecule has 0 bridgehead atoms. The highest BCUT2D eigenvalue weighted by atomic mass is 32.1. The van der Waals surface area contributed by atoms with E-state index in [2.05, 4.69) is 20.1 Å². The Kier molecular flexibility index (Phi) is 5.78. The Morgan fingerprint density at radius 1 is 1.00 bits per heavy atom. The Balaban J connectivity index is 1.48. The van der Waals surface area contributed by atoms with Crippen LogP contribution in [-0.2, 0) is 4.75 Å². The molecule has 0 N–H and O–H groups in total. The molecule has 0 saturated carbocycles. The summed E-state index contributed by atoms with van der Waals surface area (Å²) in [5, 5.41) is 8.36. The molecular formula is C22H24N4O3S. The normalized spacial score (nSPS) is 13.6. The average molecular weight is 425 g/mol. The van der Waals surface area contributed by atoms with E-state index in [1.165, 1.54) is 0 Å². The molecule has 156 valence electrons. The Labute approximate surface area is 180 Å². The largest absolute Gasteiger partial charge is 0.494 e. The SMILES string of the molecule is CN(C)CCCOc1ccc(-c2nnc(C(C)(S)c3nc4ccccc4o3)o2)cc1. The molecular weight excluding hydrogens is 400 g/mol. The van der Waals surface area contributed by atoms with Crippen LogP contribution in [0, 0.1) is 0 Å². The Morgan fingerprint density at radius 3 is 2.50 bits per heavy atom. The van der Waals surface area contributed by atoms with Crippen LogP contribution in [0.5, 0.6) is 5.75 Å². The molecule has 7 nitrogen and oxygen atoms in total. The van der Waals surface area contributed by atoms with Crippen molar-refractivity contribution in [3.8, 4) is 17.2 Å². The molecule has 0 fully saturated rings. The fourth-order valence-corrected chi connectivity index (χ4v) is 3.16. The molecule has 8 heteroatoms. The van der Waals surface area contributed by atoms with E-state index in [-0.39, 0.29) is 0 Å². The van der Waals surface area contributed by atoms with Crippen molar-refractivity contribution < 1.29 is 13.6 Å². The van der Waals surface area contributed by atoms with Gasteiger partial charge >= 0.3 is 0 Å². The van der Waals surface area contributed by atoms with E-state index < -0.39 is 4.75 Å². The lowest BCUT2D eigenvalue weighted by atomic mass is 10.1. The molecule has 0 radical (unpaired) electrons. The van der Waals surface area contributed by atoms with Gasteiger partial charge in [0.2, 0.25) is 17.7 Å². The highest BCUT2D eigenvalue weighted by Gasteiger charge is 2.36. The number of hydrogen-bond donors (Lipinski definition) is 1. The third-order valence-electron chi connectivity index (χ3n) is 4.67. The summed E-state index contributed by atoms with van der Waals surface area (Å²) in [4.78, 5) is 6.64. The van der Waals surface area contributed by atoms with Gasteiger partial charge in [0.25, 0.3) is 0 Å². The van der Waals surface area contributed by atoms with Crippen molar-refractivity contribution in [2.75, 3.05) is 27.2 Å². The standard InChI is InChI=1S/C22H24N4O3S/c1-22(30,20-23-17-7-4-5-8-18(17)28-20)21-25-24-19(29-21)15-9-11-16(12-10-15)27-14-6-13-26(2)3/h4-5,7-12,30H,6,13-14H2,1-3H3. The van der Waals surface area contributed by atoms with Crippen molar-refractivity contribution >= 4 is 23.7 Å². The van der Waals surface area contributed by atoms with Crippen LogP contribution in [0.3, 0.4) is 0 Å². The zero-order chi connectivity index (χ0) is 21.1. The molecule has 2 aromatic carbocycles. The summed E-state index contributed by atoms with van der Waals surface area (Å²) in [6.45, 7) is 3.49. The van der Waals surface area contributed by atoms with Crippen LogP contribution >= 0.6 is 12.6 Å². The maximum Gasteiger partial charge on any atom is 0.247 e. The lowest BCUT2D eigenvalue weighted by Gasteiger charge is -2.13. The molecule has 2 heterocycles. The highest BCUT2D eigenvalue weighted by Crippen LogP contribution is 2.37. The predicted octanol–water partition coefficient (Wildman–Crippen LogP) is 4.40. The summed E-state index contributed by atoms with van der Waals surface area (Å²) < 4.78 is 16.6. The fourth-order valence-electron chi connectivity index (χ4n) is 2.97. The zero-order valence-electron chi connectivity index (χ0n) is 17.2. The maximum absolute atomic E-state index is 5.90. The summed E-state index contributed by atoms with van der Waals surface area (Å²) in [7, 11) is 4.10. The quantitative estimate of drug-likeness (QED) is 0.332. The molecule has 0 aliphatic heterocycles. The van der Waals surface area contributed by atoms with Crippen LogP contribution < -0.4 is 4.74 Å². The Bertz CT molecular complexity index is 1090. The van der Waals surface area contributed by atoms with Gasteiger partial charge < -0.3 is 18.5 Å². The molecule has 30 heavy (non-hydrogen) atoms. The third kappa shape index (κ3) is 4.34. The number of fused-ring (bicyclic) bond motifs is 1. The van der Waals surface area contributed by atoms with Crippen LogP contribution in [-0.4, -0.2) is 47.3 Å². The second-order valence-corrected chi connectivity index (χ2v) is 8.40. The number of aromatic nitrogens is 3. The summed E-state index contributed by atoms with van der Waals surface area (Å²) >= 11 is 4.70.